The molecule has 0 saturated carbocycles. The number of terminal acetylenes is 1. The van der Waals surface area contributed by atoms with Crippen LogP contribution in [0.1, 0.15) is 24.8 Å². The molecule has 1 unspecified atom stereocenters. The third-order valence-corrected chi connectivity index (χ3v) is 2.68. The van der Waals surface area contributed by atoms with Crippen LogP contribution in [0.5, 0.6) is 0 Å². The van der Waals surface area contributed by atoms with E-state index >= 15 is 0 Å². The second-order valence-corrected chi connectivity index (χ2v) is 3.91. The Bertz CT molecular complexity index is 337. The van der Waals surface area contributed by atoms with E-state index in [-0.39, 0.29) is 5.82 Å². The molecular weight excluding hydrogens is 201 g/mol. The molecule has 1 aromatic rings. The van der Waals surface area contributed by atoms with E-state index in [0.717, 1.165) is 31.2 Å². The van der Waals surface area contributed by atoms with Gasteiger partial charge in [-0.25, -0.2) is 4.39 Å². The third-order valence-electron chi connectivity index (χ3n) is 2.68. The van der Waals surface area contributed by atoms with Gasteiger partial charge in [-0.3, -0.25) is 0 Å². The molecule has 1 atom stereocenters. The zero-order valence-electron chi connectivity index (χ0n) is 9.67. The minimum atomic E-state index is -0.183. The molecule has 0 bridgehead atoms. The fourth-order valence-corrected chi connectivity index (χ4v) is 1.70. The lowest BCUT2D eigenvalue weighted by molar-refractivity contribution is 0.505. The Hall–Kier alpha value is -1.33. The van der Waals surface area contributed by atoms with Crippen LogP contribution < -0.4 is 5.32 Å². The molecule has 1 nitrogen and oxygen atoms in total. The zero-order chi connectivity index (χ0) is 11.8. The van der Waals surface area contributed by atoms with Crippen LogP contribution in [0.2, 0.25) is 0 Å². The maximum Gasteiger partial charge on any atom is 0.123 e. The van der Waals surface area contributed by atoms with Crippen LogP contribution in [0, 0.1) is 18.2 Å². The Balaban J connectivity index is 2.43. The molecule has 1 rings (SSSR count). The first kappa shape index (κ1) is 12.7. The lowest BCUT2D eigenvalue weighted by atomic mass is 10.0. The van der Waals surface area contributed by atoms with Gasteiger partial charge in [-0.05, 0) is 44.0 Å². The summed E-state index contributed by atoms with van der Waals surface area (Å²) >= 11 is 0. The number of rotatable bonds is 6. The maximum absolute atomic E-state index is 12.7. The molecule has 0 saturated heterocycles. The molecule has 16 heavy (non-hydrogen) atoms. The number of hydrogen-bond acceptors (Lipinski definition) is 1. The fraction of sp³-hybridized carbons (Fsp3) is 0.429. The van der Waals surface area contributed by atoms with Gasteiger partial charge < -0.3 is 5.32 Å². The van der Waals surface area contributed by atoms with E-state index in [9.17, 15) is 4.39 Å². The standard InChI is InChI=1S/C14H18FN/c1-3-4-5-6-14(16-2)11-12-7-9-13(15)10-8-12/h1,7-10,14,16H,4-6,11H2,2H3. The summed E-state index contributed by atoms with van der Waals surface area (Å²) in [5.74, 6) is 2.46. The molecule has 0 amide bonds. The lowest BCUT2D eigenvalue weighted by Gasteiger charge is -2.15. The number of benzene rings is 1. The van der Waals surface area contributed by atoms with Crippen LogP contribution in [-0.2, 0) is 6.42 Å². The highest BCUT2D eigenvalue weighted by Gasteiger charge is 2.06. The Kier molecular flexibility index (Phi) is 5.60. The molecule has 0 aliphatic rings. The second kappa shape index (κ2) is 7.03. The van der Waals surface area contributed by atoms with Crippen LogP contribution in [0.4, 0.5) is 4.39 Å². The van der Waals surface area contributed by atoms with E-state index in [0.29, 0.717) is 6.04 Å². The summed E-state index contributed by atoms with van der Waals surface area (Å²) in [4.78, 5) is 0. The van der Waals surface area contributed by atoms with Gasteiger partial charge in [-0.2, -0.15) is 0 Å². The summed E-state index contributed by atoms with van der Waals surface area (Å²) in [6, 6.07) is 7.09. The highest BCUT2D eigenvalue weighted by atomic mass is 19.1. The van der Waals surface area contributed by atoms with E-state index in [2.05, 4.69) is 11.2 Å². The lowest BCUT2D eigenvalue weighted by Crippen LogP contribution is -2.27. The molecule has 1 aromatic carbocycles. The van der Waals surface area contributed by atoms with Crippen LogP contribution >= 0.6 is 0 Å². The number of unbranched alkanes of at least 4 members (excludes halogenated alkanes) is 1. The average molecular weight is 219 g/mol. The van der Waals surface area contributed by atoms with Crippen LogP contribution in [0.25, 0.3) is 0 Å². The first-order valence-electron chi connectivity index (χ1n) is 5.61. The minimum Gasteiger partial charge on any atom is -0.317 e. The van der Waals surface area contributed by atoms with Gasteiger partial charge in [0.25, 0.3) is 0 Å². The Labute approximate surface area is 97.1 Å². The van der Waals surface area contributed by atoms with Gasteiger partial charge in [0, 0.05) is 12.5 Å². The van der Waals surface area contributed by atoms with E-state index in [4.69, 9.17) is 6.42 Å². The van der Waals surface area contributed by atoms with Gasteiger partial charge in [0.2, 0.25) is 0 Å². The van der Waals surface area contributed by atoms with Crippen molar-refractivity contribution in [1.82, 2.24) is 5.32 Å². The largest absolute Gasteiger partial charge is 0.317 e. The molecule has 0 aliphatic heterocycles. The SMILES string of the molecule is C#CCCCC(Cc1ccc(F)cc1)NC. The molecule has 0 fully saturated rings. The predicted octanol–water partition coefficient (Wildman–Crippen LogP) is 2.76. The molecule has 0 spiro atoms. The number of hydrogen-bond donors (Lipinski definition) is 1. The monoisotopic (exact) mass is 219 g/mol. The van der Waals surface area contributed by atoms with Crippen LogP contribution in [0.3, 0.4) is 0 Å². The number of halogens is 1. The number of nitrogens with one attached hydrogen (secondary N) is 1. The predicted molar refractivity (Wildman–Crippen MR) is 65.6 cm³/mol. The van der Waals surface area contributed by atoms with E-state index < -0.39 is 0 Å². The van der Waals surface area contributed by atoms with Crippen molar-refractivity contribution in [3.8, 4) is 12.3 Å². The topological polar surface area (TPSA) is 12.0 Å². The van der Waals surface area contributed by atoms with Crippen molar-refractivity contribution in [3.63, 3.8) is 0 Å². The number of likely N-dealkylation sites (N-methyl/N-ethyl adjacent to an activating group) is 1. The van der Waals surface area contributed by atoms with E-state index in [1.165, 1.54) is 12.1 Å². The molecule has 0 heterocycles. The molecule has 0 aliphatic carbocycles. The maximum atomic E-state index is 12.7. The molecule has 2 heteroatoms. The summed E-state index contributed by atoms with van der Waals surface area (Å²) in [5.41, 5.74) is 1.15. The minimum absolute atomic E-state index is 0.183. The van der Waals surface area contributed by atoms with Gasteiger partial charge >= 0.3 is 0 Å². The Morgan fingerprint density at radius 2 is 2.06 bits per heavy atom. The molecule has 0 aromatic heterocycles. The molecule has 86 valence electrons. The van der Waals surface area contributed by atoms with Crippen molar-refractivity contribution in [2.45, 2.75) is 31.7 Å². The van der Waals surface area contributed by atoms with Gasteiger partial charge in [0.05, 0.1) is 0 Å². The second-order valence-electron chi connectivity index (χ2n) is 3.91. The molecule has 1 N–H and O–H groups in total. The van der Waals surface area contributed by atoms with Crippen LogP contribution in [0.15, 0.2) is 24.3 Å². The first-order chi connectivity index (χ1) is 7.76. The van der Waals surface area contributed by atoms with Crippen molar-refractivity contribution in [2.24, 2.45) is 0 Å². The van der Waals surface area contributed by atoms with Gasteiger partial charge in [0.15, 0.2) is 0 Å². The third kappa shape index (κ3) is 4.46. The van der Waals surface area contributed by atoms with Crippen molar-refractivity contribution < 1.29 is 4.39 Å². The summed E-state index contributed by atoms with van der Waals surface area (Å²) in [5, 5.41) is 3.26. The molecule has 0 radical (unpaired) electrons. The summed E-state index contributed by atoms with van der Waals surface area (Å²) < 4.78 is 12.7. The first-order valence-corrected chi connectivity index (χ1v) is 5.61. The molecular formula is C14H18FN. The van der Waals surface area contributed by atoms with Crippen molar-refractivity contribution in [1.29, 1.82) is 0 Å². The van der Waals surface area contributed by atoms with E-state index in [1.807, 2.05) is 19.2 Å². The van der Waals surface area contributed by atoms with Crippen molar-refractivity contribution in [2.75, 3.05) is 7.05 Å². The highest BCUT2D eigenvalue weighted by molar-refractivity contribution is 5.17. The summed E-state index contributed by atoms with van der Waals surface area (Å²) in [7, 11) is 1.95. The van der Waals surface area contributed by atoms with Crippen molar-refractivity contribution in [3.05, 3.63) is 35.6 Å². The Morgan fingerprint density at radius 3 is 2.62 bits per heavy atom. The van der Waals surface area contributed by atoms with E-state index in [1.54, 1.807) is 0 Å². The van der Waals surface area contributed by atoms with Crippen LogP contribution in [-0.4, -0.2) is 13.1 Å². The smallest absolute Gasteiger partial charge is 0.123 e. The summed E-state index contributed by atoms with van der Waals surface area (Å²) in [6.07, 6.45) is 9.04. The van der Waals surface area contributed by atoms with Crippen molar-refractivity contribution >= 4 is 0 Å². The van der Waals surface area contributed by atoms with Gasteiger partial charge in [-0.15, -0.1) is 12.3 Å². The zero-order valence-corrected chi connectivity index (χ0v) is 9.67. The van der Waals surface area contributed by atoms with Gasteiger partial charge in [0.1, 0.15) is 5.82 Å². The normalized spacial score (nSPS) is 12.1. The Morgan fingerprint density at radius 1 is 1.38 bits per heavy atom. The fourth-order valence-electron chi connectivity index (χ4n) is 1.70. The summed E-state index contributed by atoms with van der Waals surface area (Å²) in [6.45, 7) is 0. The average Bonchev–Trinajstić information content (AvgIpc) is 2.31. The highest BCUT2D eigenvalue weighted by Crippen LogP contribution is 2.09. The van der Waals surface area contributed by atoms with Gasteiger partial charge in [-0.1, -0.05) is 12.1 Å². The quantitative estimate of drug-likeness (QED) is 0.573.